The Bertz CT molecular complexity index is 417. The monoisotopic (exact) mass is 239 g/mol. The van der Waals surface area contributed by atoms with Gasteiger partial charge in [-0.05, 0) is 0 Å². The smallest absolute Gasteiger partial charge is 0.328 e. The van der Waals surface area contributed by atoms with Crippen LogP contribution in [0.1, 0.15) is 16.8 Å². The van der Waals surface area contributed by atoms with Gasteiger partial charge in [0.2, 0.25) is 0 Å². The lowest BCUT2D eigenvalue weighted by molar-refractivity contribution is -0.145. The van der Waals surface area contributed by atoms with Crippen LogP contribution in [0.3, 0.4) is 0 Å². The summed E-state index contributed by atoms with van der Waals surface area (Å²) in [6.45, 7) is 0.129. The predicted molar refractivity (Wildman–Crippen MR) is 56.1 cm³/mol. The highest BCUT2D eigenvalue weighted by Crippen LogP contribution is 2.21. The molecule has 2 rings (SSSR count). The Morgan fingerprint density at radius 1 is 1.65 bits per heavy atom. The third-order valence-electron chi connectivity index (χ3n) is 2.76. The minimum atomic E-state index is -0.725. The van der Waals surface area contributed by atoms with E-state index in [1.54, 1.807) is 0 Å². The number of methoxy groups -OCH3 is 1. The molecule has 2 heterocycles. The molecule has 2 unspecified atom stereocenters. The van der Waals surface area contributed by atoms with Crippen molar-refractivity contribution in [1.82, 2.24) is 15.1 Å². The molecule has 7 heteroatoms. The van der Waals surface area contributed by atoms with Crippen molar-refractivity contribution in [3.05, 3.63) is 18.0 Å². The van der Waals surface area contributed by atoms with Crippen LogP contribution < -0.4 is 0 Å². The molecule has 0 radical (unpaired) electrons. The molecule has 7 nitrogen and oxygen atoms in total. The molecule has 1 aliphatic rings. The van der Waals surface area contributed by atoms with Crippen LogP contribution in [0.4, 0.5) is 0 Å². The average Bonchev–Trinajstić information content (AvgIpc) is 2.95. The van der Waals surface area contributed by atoms with Crippen LogP contribution in [0.25, 0.3) is 0 Å². The SMILES string of the molecule is COC(=O)C1CC(O)CN1C(=O)c1cn[nH]c1. The number of nitrogens with zero attached hydrogens (tertiary/aromatic N) is 2. The number of carbonyl (C=O) groups excluding carboxylic acids is 2. The molecule has 1 fully saturated rings. The van der Waals surface area contributed by atoms with Crippen molar-refractivity contribution in [2.45, 2.75) is 18.6 Å². The van der Waals surface area contributed by atoms with E-state index in [9.17, 15) is 14.7 Å². The van der Waals surface area contributed by atoms with E-state index < -0.39 is 18.1 Å². The minimum absolute atomic E-state index is 0.129. The van der Waals surface area contributed by atoms with Crippen LogP contribution in [0.15, 0.2) is 12.4 Å². The van der Waals surface area contributed by atoms with Crippen LogP contribution in [0, 0.1) is 0 Å². The topological polar surface area (TPSA) is 95.5 Å². The zero-order valence-electron chi connectivity index (χ0n) is 9.29. The molecule has 1 aromatic rings. The number of carbonyl (C=O) groups is 2. The van der Waals surface area contributed by atoms with E-state index in [2.05, 4.69) is 14.9 Å². The molecular formula is C10H13N3O4. The van der Waals surface area contributed by atoms with Crippen LogP contribution in [0.2, 0.25) is 0 Å². The Kier molecular flexibility index (Phi) is 3.10. The van der Waals surface area contributed by atoms with Crippen molar-refractivity contribution in [3.63, 3.8) is 0 Å². The van der Waals surface area contributed by atoms with Crippen molar-refractivity contribution in [2.24, 2.45) is 0 Å². The fraction of sp³-hybridized carbons (Fsp3) is 0.500. The number of aliphatic hydroxyl groups is 1. The molecular weight excluding hydrogens is 226 g/mol. The standard InChI is InChI=1S/C10H13N3O4/c1-17-10(16)8-2-7(14)5-13(8)9(15)6-3-11-12-4-6/h3-4,7-8,14H,2,5H2,1H3,(H,11,12). The summed E-state index contributed by atoms with van der Waals surface area (Å²) >= 11 is 0. The number of rotatable bonds is 2. The van der Waals surface area contributed by atoms with E-state index in [0.717, 1.165) is 0 Å². The number of hydrogen-bond donors (Lipinski definition) is 2. The highest BCUT2D eigenvalue weighted by molar-refractivity contribution is 5.96. The second-order valence-corrected chi connectivity index (χ2v) is 3.87. The Labute approximate surface area is 97.4 Å². The van der Waals surface area contributed by atoms with Gasteiger partial charge in [-0.25, -0.2) is 4.79 Å². The maximum atomic E-state index is 12.0. The average molecular weight is 239 g/mol. The zero-order valence-corrected chi connectivity index (χ0v) is 9.29. The third kappa shape index (κ3) is 2.14. The maximum absolute atomic E-state index is 12.0. The Balaban J connectivity index is 2.18. The van der Waals surface area contributed by atoms with Gasteiger partial charge >= 0.3 is 5.97 Å². The van der Waals surface area contributed by atoms with Crippen molar-refractivity contribution in [3.8, 4) is 0 Å². The molecule has 1 aromatic heterocycles. The minimum Gasteiger partial charge on any atom is -0.467 e. The molecule has 92 valence electrons. The van der Waals surface area contributed by atoms with Crippen molar-refractivity contribution in [1.29, 1.82) is 0 Å². The van der Waals surface area contributed by atoms with Crippen LogP contribution >= 0.6 is 0 Å². The zero-order chi connectivity index (χ0) is 12.4. The van der Waals surface area contributed by atoms with Gasteiger partial charge in [-0.2, -0.15) is 5.10 Å². The van der Waals surface area contributed by atoms with Gasteiger partial charge in [0.1, 0.15) is 6.04 Å². The molecule has 17 heavy (non-hydrogen) atoms. The van der Waals surface area contributed by atoms with E-state index in [1.165, 1.54) is 24.4 Å². The lowest BCUT2D eigenvalue weighted by atomic mass is 10.2. The number of aromatic nitrogens is 2. The first kappa shape index (κ1) is 11.6. The summed E-state index contributed by atoms with van der Waals surface area (Å²) in [7, 11) is 1.26. The van der Waals surface area contributed by atoms with Crippen LogP contribution in [0.5, 0.6) is 0 Å². The van der Waals surface area contributed by atoms with Gasteiger partial charge in [0.25, 0.3) is 5.91 Å². The number of esters is 1. The van der Waals surface area contributed by atoms with Gasteiger partial charge in [0, 0.05) is 19.2 Å². The fourth-order valence-electron chi connectivity index (χ4n) is 1.93. The van der Waals surface area contributed by atoms with Crippen molar-refractivity contribution in [2.75, 3.05) is 13.7 Å². The van der Waals surface area contributed by atoms with Crippen molar-refractivity contribution < 1.29 is 19.4 Å². The van der Waals surface area contributed by atoms with Gasteiger partial charge in [-0.1, -0.05) is 0 Å². The van der Waals surface area contributed by atoms with E-state index in [-0.39, 0.29) is 18.9 Å². The highest BCUT2D eigenvalue weighted by atomic mass is 16.5. The normalized spacial score (nSPS) is 23.8. The first-order valence-electron chi connectivity index (χ1n) is 5.19. The molecule has 0 saturated carbocycles. The summed E-state index contributed by atoms with van der Waals surface area (Å²) in [6, 6.07) is -0.725. The Morgan fingerprint density at radius 2 is 2.41 bits per heavy atom. The lowest BCUT2D eigenvalue weighted by Gasteiger charge is -2.21. The molecule has 2 atom stereocenters. The molecule has 0 spiro atoms. The number of likely N-dealkylation sites (tertiary alicyclic amines) is 1. The molecule has 1 amide bonds. The number of hydrogen-bond acceptors (Lipinski definition) is 5. The molecule has 2 N–H and O–H groups in total. The summed E-state index contributed by atoms with van der Waals surface area (Å²) in [5.74, 6) is -0.857. The van der Waals surface area contributed by atoms with Gasteiger partial charge in [0.15, 0.2) is 0 Å². The molecule has 0 aromatic carbocycles. The summed E-state index contributed by atoms with van der Waals surface area (Å²) in [4.78, 5) is 24.8. The number of H-pyrrole nitrogens is 1. The van der Waals surface area contributed by atoms with E-state index in [1.807, 2.05) is 0 Å². The van der Waals surface area contributed by atoms with E-state index >= 15 is 0 Å². The Hall–Kier alpha value is -1.89. The number of β-amino-alcohol motifs (C(OH)–C–C–N with tert-alkyl or cyclic N) is 1. The summed E-state index contributed by atoms with van der Waals surface area (Å²) in [5.41, 5.74) is 0.355. The number of amides is 1. The van der Waals surface area contributed by atoms with Gasteiger partial charge in [-0.15, -0.1) is 0 Å². The largest absolute Gasteiger partial charge is 0.467 e. The van der Waals surface area contributed by atoms with Crippen LogP contribution in [-0.4, -0.2) is 57.9 Å². The number of nitrogens with one attached hydrogen (secondary N) is 1. The third-order valence-corrected chi connectivity index (χ3v) is 2.76. The second-order valence-electron chi connectivity index (χ2n) is 3.87. The van der Waals surface area contributed by atoms with E-state index in [4.69, 9.17) is 0 Å². The van der Waals surface area contributed by atoms with Crippen molar-refractivity contribution >= 4 is 11.9 Å². The first-order chi connectivity index (χ1) is 8.13. The molecule has 0 aliphatic carbocycles. The van der Waals surface area contributed by atoms with Gasteiger partial charge < -0.3 is 14.7 Å². The predicted octanol–water partition coefficient (Wildman–Crippen LogP) is -0.842. The Morgan fingerprint density at radius 3 is 3.00 bits per heavy atom. The van der Waals surface area contributed by atoms with Crippen LogP contribution in [-0.2, 0) is 9.53 Å². The summed E-state index contributed by atoms with van der Waals surface area (Å²) in [6.07, 6.45) is 2.33. The molecule has 1 saturated heterocycles. The summed E-state index contributed by atoms with van der Waals surface area (Å²) in [5, 5.41) is 15.7. The molecule has 1 aliphatic heterocycles. The summed E-state index contributed by atoms with van der Waals surface area (Å²) < 4.78 is 4.61. The van der Waals surface area contributed by atoms with Gasteiger partial charge in [0.05, 0.1) is 25.0 Å². The first-order valence-corrected chi connectivity index (χ1v) is 5.19. The van der Waals surface area contributed by atoms with E-state index in [0.29, 0.717) is 5.56 Å². The number of ether oxygens (including phenoxy) is 1. The fourth-order valence-corrected chi connectivity index (χ4v) is 1.93. The highest BCUT2D eigenvalue weighted by Gasteiger charge is 2.40. The number of aliphatic hydroxyl groups excluding tert-OH is 1. The maximum Gasteiger partial charge on any atom is 0.328 e. The number of aromatic amines is 1. The second kappa shape index (κ2) is 4.54. The quantitative estimate of drug-likeness (QED) is 0.656. The van der Waals surface area contributed by atoms with Gasteiger partial charge in [-0.3, -0.25) is 9.89 Å². The lowest BCUT2D eigenvalue weighted by Crippen LogP contribution is -2.41. The molecule has 0 bridgehead atoms.